The second-order valence-corrected chi connectivity index (χ2v) is 5.62. The lowest BCUT2D eigenvalue weighted by atomic mass is 9.92. The van der Waals surface area contributed by atoms with Crippen LogP contribution in [0.3, 0.4) is 0 Å². The Kier molecular flexibility index (Phi) is 4.78. The van der Waals surface area contributed by atoms with Crippen LogP contribution in [-0.4, -0.2) is 25.3 Å². The molecule has 0 radical (unpaired) electrons. The van der Waals surface area contributed by atoms with E-state index in [2.05, 4.69) is 0 Å². The summed E-state index contributed by atoms with van der Waals surface area (Å²) >= 11 is 0. The van der Waals surface area contributed by atoms with E-state index < -0.39 is 5.54 Å². The lowest BCUT2D eigenvalue weighted by Crippen LogP contribution is -2.45. The lowest BCUT2D eigenvalue weighted by Gasteiger charge is -2.31. The van der Waals surface area contributed by atoms with E-state index in [0.29, 0.717) is 0 Å². The van der Waals surface area contributed by atoms with Gasteiger partial charge >= 0.3 is 5.97 Å². The van der Waals surface area contributed by atoms with Crippen LogP contribution in [0, 0.1) is 0 Å². The number of rotatable bonds is 4. The Hall–Kier alpha value is -1.39. The first kappa shape index (κ1) is 15.0. The molecule has 0 spiro atoms. The third kappa shape index (κ3) is 3.38. The molecule has 4 nitrogen and oxygen atoms in total. The largest absolute Gasteiger partial charge is 0.461 e. The Balaban J connectivity index is 2.00. The minimum absolute atomic E-state index is 0.0900. The summed E-state index contributed by atoms with van der Waals surface area (Å²) in [6.45, 7) is 1.70. The molecule has 2 N–H and O–H groups in total. The van der Waals surface area contributed by atoms with Crippen molar-refractivity contribution in [1.82, 2.24) is 0 Å². The number of carbonyl (C=O) groups excluding carboxylic acids is 1. The standard InChI is InChI=1S/C16H23NO3/c1-16(17,12-7-4-3-5-8-12)15(18)20-14-10-6-9-13(11-14)19-2/h3-5,7-8,13-14H,6,9-11,17H2,1-2H3. The molecule has 3 atom stereocenters. The SMILES string of the molecule is COC1CCCC(OC(=O)C(C)(N)c2ccccc2)C1. The number of carbonyl (C=O) groups is 1. The first-order valence-electron chi connectivity index (χ1n) is 7.12. The summed E-state index contributed by atoms with van der Waals surface area (Å²) in [6, 6.07) is 9.33. The van der Waals surface area contributed by atoms with Crippen LogP contribution in [0.15, 0.2) is 30.3 Å². The average molecular weight is 277 g/mol. The molecule has 1 aromatic carbocycles. The van der Waals surface area contributed by atoms with E-state index in [1.807, 2.05) is 30.3 Å². The van der Waals surface area contributed by atoms with Gasteiger partial charge in [-0.3, -0.25) is 0 Å². The molecule has 1 saturated carbocycles. The number of benzene rings is 1. The zero-order valence-corrected chi connectivity index (χ0v) is 12.2. The number of nitrogens with two attached hydrogens (primary N) is 1. The van der Waals surface area contributed by atoms with Gasteiger partial charge in [0.2, 0.25) is 0 Å². The molecule has 1 aromatic rings. The average Bonchev–Trinajstić information content (AvgIpc) is 2.48. The van der Waals surface area contributed by atoms with E-state index in [4.69, 9.17) is 15.2 Å². The van der Waals surface area contributed by atoms with Crippen LogP contribution in [0.1, 0.15) is 38.2 Å². The van der Waals surface area contributed by atoms with Gasteiger partial charge in [-0.05, 0) is 31.7 Å². The van der Waals surface area contributed by atoms with Crippen LogP contribution >= 0.6 is 0 Å². The van der Waals surface area contributed by atoms with Crippen LogP contribution in [0.5, 0.6) is 0 Å². The van der Waals surface area contributed by atoms with Crippen LogP contribution in [-0.2, 0) is 19.8 Å². The van der Waals surface area contributed by atoms with Crippen molar-refractivity contribution in [3.63, 3.8) is 0 Å². The number of esters is 1. The van der Waals surface area contributed by atoms with Gasteiger partial charge < -0.3 is 15.2 Å². The fourth-order valence-electron chi connectivity index (χ4n) is 2.60. The summed E-state index contributed by atoms with van der Waals surface area (Å²) in [5.74, 6) is -0.370. The van der Waals surface area contributed by atoms with Crippen molar-refractivity contribution in [3.05, 3.63) is 35.9 Å². The van der Waals surface area contributed by atoms with E-state index in [0.717, 1.165) is 31.2 Å². The van der Waals surface area contributed by atoms with E-state index in [9.17, 15) is 4.79 Å². The fourth-order valence-corrected chi connectivity index (χ4v) is 2.60. The molecule has 4 heteroatoms. The molecule has 0 aromatic heterocycles. The fraction of sp³-hybridized carbons (Fsp3) is 0.562. The van der Waals surface area contributed by atoms with Crippen molar-refractivity contribution < 1.29 is 14.3 Å². The Morgan fingerprint density at radius 2 is 1.90 bits per heavy atom. The Labute approximate surface area is 120 Å². The summed E-state index contributed by atoms with van der Waals surface area (Å²) in [7, 11) is 1.70. The van der Waals surface area contributed by atoms with Gasteiger partial charge in [0.25, 0.3) is 0 Å². The van der Waals surface area contributed by atoms with Gasteiger partial charge in [0, 0.05) is 13.5 Å². The van der Waals surface area contributed by atoms with E-state index in [1.54, 1.807) is 14.0 Å². The molecular formula is C16H23NO3. The summed E-state index contributed by atoms with van der Waals surface area (Å²) in [6.07, 6.45) is 3.78. The Bertz CT molecular complexity index is 444. The predicted molar refractivity (Wildman–Crippen MR) is 77.1 cm³/mol. The normalized spacial score (nSPS) is 25.8. The van der Waals surface area contributed by atoms with Crippen molar-refractivity contribution in [2.24, 2.45) is 5.73 Å². The highest BCUT2D eigenvalue weighted by molar-refractivity contribution is 5.82. The summed E-state index contributed by atoms with van der Waals surface area (Å²) in [4.78, 5) is 12.3. The molecule has 0 aliphatic heterocycles. The molecule has 20 heavy (non-hydrogen) atoms. The smallest absolute Gasteiger partial charge is 0.330 e. The molecule has 110 valence electrons. The molecule has 0 bridgehead atoms. The highest BCUT2D eigenvalue weighted by Gasteiger charge is 2.35. The van der Waals surface area contributed by atoms with Crippen molar-refractivity contribution in [3.8, 4) is 0 Å². The second-order valence-electron chi connectivity index (χ2n) is 5.62. The molecule has 3 unspecified atom stereocenters. The quantitative estimate of drug-likeness (QED) is 0.858. The first-order chi connectivity index (χ1) is 9.54. The van der Waals surface area contributed by atoms with E-state index in [1.165, 1.54) is 0 Å². The number of ether oxygens (including phenoxy) is 2. The molecule has 0 saturated heterocycles. The molecule has 0 amide bonds. The van der Waals surface area contributed by atoms with Gasteiger partial charge in [0.15, 0.2) is 0 Å². The van der Waals surface area contributed by atoms with Crippen molar-refractivity contribution in [1.29, 1.82) is 0 Å². The highest BCUT2D eigenvalue weighted by atomic mass is 16.5. The topological polar surface area (TPSA) is 61.5 Å². The third-order valence-corrected chi connectivity index (χ3v) is 3.98. The third-order valence-electron chi connectivity index (χ3n) is 3.98. The Morgan fingerprint density at radius 1 is 1.25 bits per heavy atom. The molecule has 1 aliphatic carbocycles. The van der Waals surface area contributed by atoms with Gasteiger partial charge in [0.05, 0.1) is 6.10 Å². The highest BCUT2D eigenvalue weighted by Crippen LogP contribution is 2.26. The number of methoxy groups -OCH3 is 1. The monoisotopic (exact) mass is 277 g/mol. The van der Waals surface area contributed by atoms with Gasteiger partial charge in [-0.15, -0.1) is 0 Å². The maximum Gasteiger partial charge on any atom is 0.330 e. The van der Waals surface area contributed by atoms with Gasteiger partial charge in [-0.1, -0.05) is 30.3 Å². The molecule has 2 rings (SSSR count). The van der Waals surface area contributed by atoms with Crippen LogP contribution in [0.25, 0.3) is 0 Å². The summed E-state index contributed by atoms with van der Waals surface area (Å²) in [5.41, 5.74) is 5.82. The maximum absolute atomic E-state index is 12.3. The van der Waals surface area contributed by atoms with Gasteiger partial charge in [-0.25, -0.2) is 4.79 Å². The Morgan fingerprint density at radius 3 is 2.55 bits per heavy atom. The zero-order valence-electron chi connectivity index (χ0n) is 12.2. The molecular weight excluding hydrogens is 254 g/mol. The maximum atomic E-state index is 12.3. The second kappa shape index (κ2) is 6.37. The predicted octanol–water partition coefficient (Wildman–Crippen LogP) is 2.36. The van der Waals surface area contributed by atoms with Gasteiger partial charge in [-0.2, -0.15) is 0 Å². The van der Waals surface area contributed by atoms with Gasteiger partial charge in [0.1, 0.15) is 11.6 Å². The summed E-state index contributed by atoms with van der Waals surface area (Å²) in [5, 5.41) is 0. The summed E-state index contributed by atoms with van der Waals surface area (Å²) < 4.78 is 10.9. The lowest BCUT2D eigenvalue weighted by molar-refractivity contribution is -0.159. The number of hydrogen-bond acceptors (Lipinski definition) is 4. The minimum atomic E-state index is -1.11. The van der Waals surface area contributed by atoms with E-state index >= 15 is 0 Å². The van der Waals surface area contributed by atoms with E-state index in [-0.39, 0.29) is 18.2 Å². The minimum Gasteiger partial charge on any atom is -0.461 e. The van der Waals surface area contributed by atoms with Crippen molar-refractivity contribution in [2.45, 2.75) is 50.4 Å². The molecule has 0 heterocycles. The van der Waals surface area contributed by atoms with Crippen LogP contribution < -0.4 is 5.73 Å². The zero-order chi connectivity index (χ0) is 14.6. The van der Waals surface area contributed by atoms with Crippen molar-refractivity contribution in [2.75, 3.05) is 7.11 Å². The van der Waals surface area contributed by atoms with Crippen LogP contribution in [0.4, 0.5) is 0 Å². The number of hydrogen-bond donors (Lipinski definition) is 1. The molecule has 1 aliphatic rings. The van der Waals surface area contributed by atoms with Crippen LogP contribution in [0.2, 0.25) is 0 Å². The van der Waals surface area contributed by atoms with Crippen molar-refractivity contribution >= 4 is 5.97 Å². The first-order valence-corrected chi connectivity index (χ1v) is 7.12. The molecule has 1 fully saturated rings.